The first kappa shape index (κ1) is 19.7. The fourth-order valence-electron chi connectivity index (χ4n) is 3.32. The summed E-state index contributed by atoms with van der Waals surface area (Å²) in [6.45, 7) is 5.61. The van der Waals surface area contributed by atoms with Crippen molar-refractivity contribution in [2.75, 3.05) is 31.3 Å². The van der Waals surface area contributed by atoms with Crippen molar-refractivity contribution in [3.63, 3.8) is 0 Å². The Bertz CT molecular complexity index is 501. The van der Waals surface area contributed by atoms with Crippen molar-refractivity contribution in [2.45, 2.75) is 70.6 Å². The van der Waals surface area contributed by atoms with Crippen molar-refractivity contribution in [1.82, 2.24) is 4.90 Å². The lowest BCUT2D eigenvalue weighted by molar-refractivity contribution is -0.148. The predicted molar refractivity (Wildman–Crippen MR) is 92.7 cm³/mol. The van der Waals surface area contributed by atoms with Gasteiger partial charge in [-0.3, -0.25) is 4.79 Å². The molecule has 2 fully saturated rings. The molecule has 3 unspecified atom stereocenters. The molecule has 2 aliphatic heterocycles. The molecule has 7 heteroatoms. The van der Waals surface area contributed by atoms with E-state index >= 15 is 0 Å². The standard InChI is InChI=1S/C17H31NO5S/c1-3-4-9-18(15-8-11-24(20,21)13-15)17(19)14(2)23-12-16-7-5-6-10-22-16/h14-16H,3-13H2,1-2H3. The molecule has 0 N–H and O–H groups in total. The molecule has 2 rings (SSSR count). The van der Waals surface area contributed by atoms with E-state index in [4.69, 9.17) is 9.47 Å². The summed E-state index contributed by atoms with van der Waals surface area (Å²) in [5.74, 6) is 0.168. The second kappa shape index (κ2) is 9.15. The van der Waals surface area contributed by atoms with E-state index in [1.807, 2.05) is 0 Å². The molecule has 2 aliphatic rings. The van der Waals surface area contributed by atoms with E-state index in [1.54, 1.807) is 11.8 Å². The average Bonchev–Trinajstić information content (AvgIpc) is 2.93. The first-order valence-electron chi connectivity index (χ1n) is 9.17. The van der Waals surface area contributed by atoms with Crippen LogP contribution < -0.4 is 0 Å². The van der Waals surface area contributed by atoms with Crippen LogP contribution >= 0.6 is 0 Å². The van der Waals surface area contributed by atoms with Crippen LogP contribution in [0.15, 0.2) is 0 Å². The SMILES string of the molecule is CCCCN(C(=O)C(C)OCC1CCCCO1)C1CCS(=O)(=O)C1. The van der Waals surface area contributed by atoms with Crippen molar-refractivity contribution in [1.29, 1.82) is 0 Å². The number of ether oxygens (including phenoxy) is 2. The highest BCUT2D eigenvalue weighted by Gasteiger charge is 2.36. The second-order valence-corrected chi connectivity index (χ2v) is 9.13. The lowest BCUT2D eigenvalue weighted by Crippen LogP contribution is -2.47. The summed E-state index contributed by atoms with van der Waals surface area (Å²) in [5.41, 5.74) is 0. The highest BCUT2D eigenvalue weighted by Crippen LogP contribution is 2.20. The normalized spacial score (nSPS) is 27.8. The highest BCUT2D eigenvalue weighted by atomic mass is 32.2. The summed E-state index contributed by atoms with van der Waals surface area (Å²) in [4.78, 5) is 14.5. The van der Waals surface area contributed by atoms with Gasteiger partial charge in [0.15, 0.2) is 9.84 Å². The minimum absolute atomic E-state index is 0.0740. The van der Waals surface area contributed by atoms with E-state index in [9.17, 15) is 13.2 Å². The summed E-state index contributed by atoms with van der Waals surface area (Å²) in [6, 6.07) is -0.203. The van der Waals surface area contributed by atoms with E-state index in [0.29, 0.717) is 19.6 Å². The van der Waals surface area contributed by atoms with Crippen LogP contribution in [-0.2, 0) is 24.1 Å². The molecule has 3 atom stereocenters. The maximum Gasteiger partial charge on any atom is 0.251 e. The molecule has 0 saturated carbocycles. The first-order chi connectivity index (χ1) is 11.4. The zero-order valence-electron chi connectivity index (χ0n) is 14.9. The Morgan fingerprint density at radius 1 is 1.33 bits per heavy atom. The predicted octanol–water partition coefficient (Wildman–Crippen LogP) is 1.78. The number of hydrogen-bond acceptors (Lipinski definition) is 5. The molecule has 2 saturated heterocycles. The molecular weight excluding hydrogens is 330 g/mol. The molecular formula is C17H31NO5S. The Hall–Kier alpha value is -0.660. The van der Waals surface area contributed by atoms with Crippen molar-refractivity contribution in [3.05, 3.63) is 0 Å². The summed E-state index contributed by atoms with van der Waals surface area (Å²) >= 11 is 0. The lowest BCUT2D eigenvalue weighted by atomic mass is 10.1. The van der Waals surface area contributed by atoms with Crippen LogP contribution in [-0.4, -0.2) is 68.7 Å². The number of nitrogens with zero attached hydrogens (tertiary/aromatic N) is 1. The van der Waals surface area contributed by atoms with Crippen LogP contribution in [0.3, 0.4) is 0 Å². The Labute approximate surface area is 145 Å². The fourth-order valence-corrected chi connectivity index (χ4v) is 5.05. The van der Waals surface area contributed by atoms with Crippen molar-refractivity contribution in [3.8, 4) is 0 Å². The monoisotopic (exact) mass is 361 g/mol. The number of hydrogen-bond donors (Lipinski definition) is 0. The Morgan fingerprint density at radius 2 is 2.12 bits per heavy atom. The van der Waals surface area contributed by atoms with E-state index < -0.39 is 15.9 Å². The van der Waals surface area contributed by atoms with Crippen LogP contribution in [0.1, 0.15) is 52.4 Å². The molecule has 0 aromatic rings. The first-order valence-corrected chi connectivity index (χ1v) is 11.0. The Morgan fingerprint density at radius 3 is 2.71 bits per heavy atom. The summed E-state index contributed by atoms with van der Waals surface area (Å²) in [7, 11) is -3.01. The van der Waals surface area contributed by atoms with Crippen LogP contribution in [0.4, 0.5) is 0 Å². The smallest absolute Gasteiger partial charge is 0.251 e. The molecule has 0 spiro atoms. The number of carbonyl (C=O) groups is 1. The van der Waals surface area contributed by atoms with Crippen molar-refractivity contribution >= 4 is 15.7 Å². The topological polar surface area (TPSA) is 72.9 Å². The summed E-state index contributed by atoms with van der Waals surface area (Å²) in [5, 5.41) is 0. The third-order valence-electron chi connectivity index (χ3n) is 4.84. The average molecular weight is 362 g/mol. The number of carbonyl (C=O) groups excluding carboxylic acids is 1. The molecule has 0 radical (unpaired) electrons. The zero-order chi connectivity index (χ0) is 17.6. The summed E-state index contributed by atoms with van der Waals surface area (Å²) in [6.07, 6.45) is 5.10. The number of unbranched alkanes of at least 4 members (excludes halogenated alkanes) is 1. The maximum atomic E-state index is 12.8. The largest absolute Gasteiger partial charge is 0.376 e. The Balaban J connectivity index is 1.90. The van der Waals surface area contributed by atoms with E-state index in [-0.39, 0.29) is 29.6 Å². The van der Waals surface area contributed by atoms with Gasteiger partial charge in [0.1, 0.15) is 6.10 Å². The molecule has 1 amide bonds. The molecule has 0 aliphatic carbocycles. The van der Waals surface area contributed by atoms with Gasteiger partial charge in [0.2, 0.25) is 0 Å². The zero-order valence-corrected chi connectivity index (χ0v) is 15.7. The second-order valence-electron chi connectivity index (χ2n) is 6.91. The Kier molecular flexibility index (Phi) is 7.50. The van der Waals surface area contributed by atoms with Gasteiger partial charge in [0.25, 0.3) is 5.91 Å². The highest BCUT2D eigenvalue weighted by molar-refractivity contribution is 7.91. The minimum Gasteiger partial charge on any atom is -0.376 e. The molecule has 0 bridgehead atoms. The van der Waals surface area contributed by atoms with Gasteiger partial charge in [-0.25, -0.2) is 8.42 Å². The van der Waals surface area contributed by atoms with Crippen molar-refractivity contribution < 1.29 is 22.7 Å². The van der Waals surface area contributed by atoms with Gasteiger partial charge in [-0.2, -0.15) is 0 Å². The van der Waals surface area contributed by atoms with Crippen LogP contribution in [0.25, 0.3) is 0 Å². The van der Waals surface area contributed by atoms with Gasteiger partial charge in [-0.1, -0.05) is 13.3 Å². The number of rotatable bonds is 8. The lowest BCUT2D eigenvalue weighted by Gasteiger charge is -2.31. The van der Waals surface area contributed by atoms with Crippen LogP contribution in [0, 0.1) is 0 Å². The quantitative estimate of drug-likeness (QED) is 0.659. The van der Waals surface area contributed by atoms with Gasteiger partial charge in [0.05, 0.1) is 24.2 Å². The summed E-state index contributed by atoms with van der Waals surface area (Å²) < 4.78 is 34.9. The van der Waals surface area contributed by atoms with Gasteiger partial charge in [-0.15, -0.1) is 0 Å². The number of sulfone groups is 1. The molecule has 6 nitrogen and oxygen atoms in total. The van der Waals surface area contributed by atoms with Crippen LogP contribution in [0.5, 0.6) is 0 Å². The number of amides is 1. The van der Waals surface area contributed by atoms with Gasteiger partial charge < -0.3 is 14.4 Å². The third-order valence-corrected chi connectivity index (χ3v) is 6.59. The van der Waals surface area contributed by atoms with E-state index in [0.717, 1.165) is 38.7 Å². The van der Waals surface area contributed by atoms with Crippen LogP contribution in [0.2, 0.25) is 0 Å². The molecule has 0 aromatic heterocycles. The molecule has 24 heavy (non-hydrogen) atoms. The molecule has 0 aromatic carbocycles. The van der Waals surface area contributed by atoms with E-state index in [1.165, 1.54) is 0 Å². The third kappa shape index (κ3) is 5.70. The maximum absolute atomic E-state index is 12.8. The van der Waals surface area contributed by atoms with Gasteiger partial charge in [-0.05, 0) is 39.0 Å². The van der Waals surface area contributed by atoms with E-state index in [2.05, 4.69) is 6.92 Å². The minimum atomic E-state index is -3.01. The van der Waals surface area contributed by atoms with Gasteiger partial charge >= 0.3 is 0 Å². The fraction of sp³-hybridized carbons (Fsp3) is 0.941. The van der Waals surface area contributed by atoms with Gasteiger partial charge in [0, 0.05) is 19.2 Å². The molecule has 2 heterocycles. The molecule has 140 valence electrons. The van der Waals surface area contributed by atoms with Crippen molar-refractivity contribution in [2.24, 2.45) is 0 Å².